The maximum absolute atomic E-state index is 12.3. The lowest BCUT2D eigenvalue weighted by Gasteiger charge is -2.30. The molecular weight excluding hydrogens is 669 g/mol. The molecular formula is C34H39Cl2N9O4. The van der Waals surface area contributed by atoms with E-state index >= 15 is 0 Å². The van der Waals surface area contributed by atoms with Crippen molar-refractivity contribution in [2.45, 2.75) is 69.5 Å². The third kappa shape index (κ3) is 7.36. The Bertz CT molecular complexity index is 1850. The van der Waals surface area contributed by atoms with Gasteiger partial charge < -0.3 is 40.4 Å². The van der Waals surface area contributed by atoms with E-state index in [4.69, 9.17) is 33.2 Å². The van der Waals surface area contributed by atoms with Crippen molar-refractivity contribution >= 4 is 52.0 Å². The summed E-state index contributed by atoms with van der Waals surface area (Å²) >= 11 is 12.4. The van der Waals surface area contributed by atoms with Gasteiger partial charge in [0.15, 0.2) is 17.0 Å². The molecule has 0 radical (unpaired) electrons. The molecule has 5 aromatic rings. The fourth-order valence-electron chi connectivity index (χ4n) is 6.14. The van der Waals surface area contributed by atoms with Gasteiger partial charge in [-0.3, -0.25) is 4.79 Å². The molecule has 1 aliphatic rings. The zero-order chi connectivity index (χ0) is 34.7. The first-order valence-electron chi connectivity index (χ1n) is 16.2. The molecule has 1 saturated carbocycles. The molecule has 258 valence electrons. The van der Waals surface area contributed by atoms with Gasteiger partial charge in [0.1, 0.15) is 17.8 Å². The van der Waals surface area contributed by atoms with Gasteiger partial charge in [-0.2, -0.15) is 9.97 Å². The summed E-state index contributed by atoms with van der Waals surface area (Å²) in [5.74, 6) is 0.411. The molecule has 1 amide bonds. The molecule has 0 aliphatic heterocycles. The van der Waals surface area contributed by atoms with Gasteiger partial charge in [0.25, 0.3) is 0 Å². The van der Waals surface area contributed by atoms with Crippen LogP contribution in [0, 0.1) is 0 Å². The summed E-state index contributed by atoms with van der Waals surface area (Å²) in [5, 5.41) is 44.6. The number of nitrogens with one attached hydrogen (secondary N) is 3. The van der Waals surface area contributed by atoms with Crippen molar-refractivity contribution < 1.29 is 20.1 Å². The number of aliphatic hydroxyl groups excluding tert-OH is 2. The molecule has 49 heavy (non-hydrogen) atoms. The number of nitrogens with zero attached hydrogens (tertiary/aromatic N) is 6. The van der Waals surface area contributed by atoms with Crippen LogP contribution in [0.4, 0.5) is 11.8 Å². The number of aryl methyl sites for hydroxylation is 1. The van der Waals surface area contributed by atoms with Crippen LogP contribution in [0.1, 0.15) is 49.6 Å². The number of amides is 1. The first-order valence-corrected chi connectivity index (χ1v) is 17.0. The van der Waals surface area contributed by atoms with Crippen LogP contribution in [-0.2, 0) is 23.4 Å². The zero-order valence-corrected chi connectivity index (χ0v) is 28.6. The quantitative estimate of drug-likeness (QED) is 0.105. The Labute approximate surface area is 293 Å². The average molecular weight is 709 g/mol. The minimum atomic E-state index is -1.53. The largest absolute Gasteiger partial charge is 0.388 e. The number of rotatable bonds is 13. The molecule has 15 heteroatoms. The molecule has 0 spiro atoms. The lowest BCUT2D eigenvalue weighted by molar-refractivity contribution is -0.122. The van der Waals surface area contributed by atoms with Crippen molar-refractivity contribution in [2.75, 3.05) is 23.7 Å². The van der Waals surface area contributed by atoms with Crippen LogP contribution in [0.25, 0.3) is 11.2 Å². The van der Waals surface area contributed by atoms with Gasteiger partial charge in [-0.05, 0) is 48.7 Å². The maximum Gasteiger partial charge on any atom is 0.226 e. The summed E-state index contributed by atoms with van der Waals surface area (Å²) in [6.07, 6.45) is 4.11. The van der Waals surface area contributed by atoms with E-state index in [0.29, 0.717) is 51.1 Å². The first kappa shape index (κ1) is 34.6. The molecule has 0 unspecified atom stereocenters. The molecule has 1 aliphatic carbocycles. The van der Waals surface area contributed by atoms with E-state index < -0.39 is 29.9 Å². The summed E-state index contributed by atoms with van der Waals surface area (Å²) in [4.78, 5) is 30.7. The molecule has 6 rings (SSSR count). The number of fused-ring (bicyclic) bond motifs is 1. The van der Waals surface area contributed by atoms with Crippen molar-refractivity contribution in [3.63, 3.8) is 0 Å². The Morgan fingerprint density at radius 3 is 2.22 bits per heavy atom. The third-order valence-electron chi connectivity index (χ3n) is 8.97. The van der Waals surface area contributed by atoms with Crippen molar-refractivity contribution in [2.24, 2.45) is 0 Å². The maximum atomic E-state index is 12.3. The van der Waals surface area contributed by atoms with E-state index in [-0.39, 0.29) is 31.2 Å². The van der Waals surface area contributed by atoms with Gasteiger partial charge in [0, 0.05) is 42.2 Å². The van der Waals surface area contributed by atoms with Crippen LogP contribution in [0.3, 0.4) is 0 Å². The third-order valence-corrected chi connectivity index (χ3v) is 9.47. The number of aliphatic hydroxyl groups is 3. The second-order valence-electron chi connectivity index (χ2n) is 12.1. The van der Waals surface area contributed by atoms with E-state index in [1.165, 1.54) is 0 Å². The van der Waals surface area contributed by atoms with E-state index in [2.05, 4.69) is 25.9 Å². The molecule has 13 nitrogen and oxygen atoms in total. The van der Waals surface area contributed by atoms with Gasteiger partial charge >= 0.3 is 0 Å². The second-order valence-corrected chi connectivity index (χ2v) is 13.0. The van der Waals surface area contributed by atoms with Crippen LogP contribution in [0.15, 0.2) is 67.4 Å². The van der Waals surface area contributed by atoms with Crippen molar-refractivity contribution in [3.05, 3.63) is 94.2 Å². The molecule has 2 aromatic carbocycles. The highest BCUT2D eigenvalue weighted by molar-refractivity contribution is 6.30. The van der Waals surface area contributed by atoms with Gasteiger partial charge in [-0.15, -0.1) is 0 Å². The lowest BCUT2D eigenvalue weighted by Crippen LogP contribution is -2.42. The molecule has 6 N–H and O–H groups in total. The van der Waals surface area contributed by atoms with Gasteiger partial charge in [-0.1, -0.05) is 54.4 Å². The summed E-state index contributed by atoms with van der Waals surface area (Å²) in [6, 6.07) is 12.6. The average Bonchev–Trinajstić information content (AvgIpc) is 3.82. The monoisotopic (exact) mass is 707 g/mol. The Hall–Kier alpha value is -4.27. The molecule has 4 atom stereocenters. The van der Waals surface area contributed by atoms with Gasteiger partial charge in [-0.25, -0.2) is 9.97 Å². The van der Waals surface area contributed by atoms with E-state index in [9.17, 15) is 20.1 Å². The van der Waals surface area contributed by atoms with Gasteiger partial charge in [0.2, 0.25) is 11.9 Å². The predicted octanol–water partition coefficient (Wildman–Crippen LogP) is 3.91. The number of benzene rings is 2. The molecule has 3 aromatic heterocycles. The number of carbonyl (C=O) groups is 1. The number of aromatic nitrogens is 6. The predicted molar refractivity (Wildman–Crippen MR) is 188 cm³/mol. The Morgan fingerprint density at radius 1 is 0.939 bits per heavy atom. The number of carbonyl (C=O) groups excluding carboxylic acids is 1. The number of imidazole rings is 2. The van der Waals surface area contributed by atoms with Crippen LogP contribution in [0.5, 0.6) is 0 Å². The standard InChI is InChI=1S/C34H39Cl2N9O4/c1-3-27(46)41-25-15-26(30(48)29(25)47)45-19-40-28-31(42-33(43-32(28)45)37-14-13-24-16-44(4-2)18-39-24)38-17-34(49,20-5-9-22(35)10-6-20)21-7-11-23(36)12-8-21/h5-12,16,18-19,25-26,29-30,47-49H,3-4,13-15,17H2,1-2H3,(H,41,46)(H2,37,38,42,43)/t25-,26+,29+,30-/m0/s1. The molecule has 0 bridgehead atoms. The SMILES string of the molecule is CCC(=O)N[C@H]1C[C@@H](n2cnc3c(NCC(O)(c4ccc(Cl)cc4)c4ccc(Cl)cc4)nc(NCCc4cn(CC)cn4)nc32)[C@H](O)[C@@H]1O. The van der Waals surface area contributed by atoms with E-state index in [1.54, 1.807) is 72.7 Å². The number of halogens is 2. The van der Waals surface area contributed by atoms with E-state index in [1.807, 2.05) is 17.7 Å². The topological polar surface area (TPSA) is 175 Å². The minimum absolute atomic E-state index is 0.0149. The van der Waals surface area contributed by atoms with Crippen LogP contribution in [-0.4, -0.2) is 81.6 Å². The summed E-state index contributed by atoms with van der Waals surface area (Å²) in [7, 11) is 0. The molecule has 0 saturated heterocycles. The van der Waals surface area contributed by atoms with Crippen LogP contribution < -0.4 is 16.0 Å². The first-order chi connectivity index (χ1) is 23.6. The smallest absolute Gasteiger partial charge is 0.226 e. The lowest BCUT2D eigenvalue weighted by atomic mass is 9.86. The fraction of sp³-hybridized carbons (Fsp3) is 0.382. The molecule has 3 heterocycles. The zero-order valence-electron chi connectivity index (χ0n) is 27.1. The minimum Gasteiger partial charge on any atom is -0.388 e. The Balaban J connectivity index is 1.35. The highest BCUT2D eigenvalue weighted by atomic mass is 35.5. The van der Waals surface area contributed by atoms with Gasteiger partial charge in [0.05, 0.1) is 37.0 Å². The van der Waals surface area contributed by atoms with Crippen molar-refractivity contribution in [1.82, 2.24) is 34.4 Å². The van der Waals surface area contributed by atoms with Crippen molar-refractivity contribution in [1.29, 1.82) is 0 Å². The summed E-state index contributed by atoms with van der Waals surface area (Å²) < 4.78 is 3.70. The van der Waals surface area contributed by atoms with Crippen molar-refractivity contribution in [3.8, 4) is 0 Å². The number of hydrogen-bond acceptors (Lipinski definition) is 10. The number of hydrogen-bond donors (Lipinski definition) is 6. The number of anilines is 2. The second kappa shape index (κ2) is 14.7. The Morgan fingerprint density at radius 2 is 1.61 bits per heavy atom. The van der Waals surface area contributed by atoms with Crippen LogP contribution in [0.2, 0.25) is 10.0 Å². The molecule has 1 fully saturated rings. The van der Waals surface area contributed by atoms with Crippen LogP contribution >= 0.6 is 23.2 Å². The summed E-state index contributed by atoms with van der Waals surface area (Å²) in [6.45, 7) is 5.06. The fourth-order valence-corrected chi connectivity index (χ4v) is 6.39. The normalized spacial score (nSPS) is 19.3. The summed E-state index contributed by atoms with van der Waals surface area (Å²) in [5.41, 5.74) is 1.36. The van der Waals surface area contributed by atoms with E-state index in [0.717, 1.165) is 12.2 Å². The highest BCUT2D eigenvalue weighted by Crippen LogP contribution is 2.36. The Kier molecular flexibility index (Phi) is 10.4. The highest BCUT2D eigenvalue weighted by Gasteiger charge is 2.44.